The molecule has 5 fully saturated rings. The first kappa shape index (κ1) is 23.3. The highest BCUT2D eigenvalue weighted by Crippen LogP contribution is 2.57. The molecule has 3 saturated heterocycles. The maximum Gasteiger partial charge on any atom is 0.496 e. The van der Waals surface area contributed by atoms with Crippen molar-refractivity contribution in [2.45, 2.75) is 83.1 Å². The monoisotopic (exact) mass is 494 g/mol. The first-order valence-electron chi connectivity index (χ1n) is 12.6. The lowest BCUT2D eigenvalue weighted by Gasteiger charge is -2.61. The highest BCUT2D eigenvalue weighted by atomic mass is 35.5. The largest absolute Gasteiger partial charge is 0.496 e. The molecule has 2 atom stereocenters. The minimum Gasteiger partial charge on any atom is -0.399 e. The summed E-state index contributed by atoms with van der Waals surface area (Å²) in [5.74, 6) is 2.05. The summed E-state index contributed by atoms with van der Waals surface area (Å²) in [6.07, 6.45) is 8.36. The number of hydrogen-bond donors (Lipinski definition) is 1. The molecule has 2 aromatic heterocycles. The maximum absolute atomic E-state index is 13.5. The second-order valence-corrected chi connectivity index (χ2v) is 12.2. The van der Waals surface area contributed by atoms with Gasteiger partial charge in [-0.1, -0.05) is 17.7 Å². The average Bonchev–Trinajstić information content (AvgIpc) is 3.02. The number of anilines is 2. The number of pyridine rings is 2. The molecule has 1 amide bonds. The normalized spacial score (nSPS) is 32.2. The van der Waals surface area contributed by atoms with E-state index in [1.165, 1.54) is 0 Å². The molecule has 2 saturated carbocycles. The van der Waals surface area contributed by atoms with E-state index in [0.717, 1.165) is 43.4 Å². The van der Waals surface area contributed by atoms with Gasteiger partial charge in [-0.15, -0.1) is 0 Å². The van der Waals surface area contributed by atoms with Crippen LogP contribution in [0.15, 0.2) is 36.7 Å². The van der Waals surface area contributed by atoms with Crippen LogP contribution in [0.25, 0.3) is 0 Å². The molecule has 0 aromatic carbocycles. The summed E-state index contributed by atoms with van der Waals surface area (Å²) >= 11 is 6.26. The van der Waals surface area contributed by atoms with Crippen molar-refractivity contribution in [3.05, 3.63) is 41.7 Å². The molecule has 0 spiro atoms. The van der Waals surface area contributed by atoms with Crippen LogP contribution in [0.1, 0.15) is 59.8 Å². The first-order valence-corrected chi connectivity index (χ1v) is 13.0. The molecule has 35 heavy (non-hydrogen) atoms. The van der Waals surface area contributed by atoms with Crippen molar-refractivity contribution >= 4 is 41.7 Å². The zero-order valence-corrected chi connectivity index (χ0v) is 21.5. The molecule has 184 valence electrons. The van der Waals surface area contributed by atoms with Crippen LogP contribution in [0.4, 0.5) is 11.6 Å². The summed E-state index contributed by atoms with van der Waals surface area (Å²) in [5, 5.41) is 3.50. The predicted molar refractivity (Wildman–Crippen MR) is 137 cm³/mol. The minimum absolute atomic E-state index is 0.0567. The Kier molecular flexibility index (Phi) is 5.26. The Hall–Kier alpha value is -2.16. The predicted octanol–water partition coefficient (Wildman–Crippen LogP) is 4.21. The van der Waals surface area contributed by atoms with Gasteiger partial charge < -0.3 is 19.5 Å². The zero-order chi connectivity index (χ0) is 24.6. The topological polar surface area (TPSA) is 76.6 Å². The summed E-state index contributed by atoms with van der Waals surface area (Å²) in [4.78, 5) is 25.1. The summed E-state index contributed by atoms with van der Waals surface area (Å²) < 4.78 is 12.4. The van der Waals surface area contributed by atoms with Crippen molar-refractivity contribution in [1.82, 2.24) is 9.97 Å². The van der Waals surface area contributed by atoms with E-state index in [9.17, 15) is 4.79 Å². The highest BCUT2D eigenvalue weighted by molar-refractivity contribution is 6.62. The van der Waals surface area contributed by atoms with Gasteiger partial charge in [-0.3, -0.25) is 4.79 Å². The van der Waals surface area contributed by atoms with E-state index >= 15 is 0 Å². The third-order valence-electron chi connectivity index (χ3n) is 8.96. The molecule has 5 heterocycles. The van der Waals surface area contributed by atoms with Crippen molar-refractivity contribution in [3.8, 4) is 0 Å². The molecule has 7 nitrogen and oxygen atoms in total. The first-order chi connectivity index (χ1) is 16.6. The Bertz CT molecular complexity index is 1130. The number of rotatable bonds is 4. The Morgan fingerprint density at radius 3 is 2.34 bits per heavy atom. The minimum atomic E-state index is -0.416. The fourth-order valence-electron chi connectivity index (χ4n) is 6.66. The number of hydrogen-bond acceptors (Lipinski definition) is 6. The van der Waals surface area contributed by atoms with Gasteiger partial charge in [-0.2, -0.15) is 0 Å². The molecule has 2 aromatic rings. The van der Waals surface area contributed by atoms with Crippen LogP contribution in [0, 0.1) is 11.3 Å². The molecule has 2 unspecified atom stereocenters. The van der Waals surface area contributed by atoms with Gasteiger partial charge in [0.15, 0.2) is 5.82 Å². The van der Waals surface area contributed by atoms with Gasteiger partial charge in [0.2, 0.25) is 5.91 Å². The molecule has 3 aliphatic heterocycles. The van der Waals surface area contributed by atoms with Crippen molar-refractivity contribution in [1.29, 1.82) is 0 Å². The standard InChI is InChI=1S/C26H32BClN4O3/c1-24(2)25(3,4)35-27(34-24)17-7-8-21(30-15-17)32-18-10-16-11-19(32)14-26(12-16,13-18)23(33)31-22-20(28)6-5-9-29-22/h5-9,15-16,18-19H,10-14H2,1-4H3,(H,29,31,33). The summed E-state index contributed by atoms with van der Waals surface area (Å²) in [5.41, 5.74) is -0.192. The fraction of sp³-hybridized carbons (Fsp3) is 0.577. The van der Waals surface area contributed by atoms with Gasteiger partial charge in [-0.05, 0) is 83.9 Å². The number of amides is 1. The highest BCUT2D eigenvalue weighted by Gasteiger charge is 2.58. The van der Waals surface area contributed by atoms with Crippen LogP contribution in [-0.2, 0) is 14.1 Å². The zero-order valence-electron chi connectivity index (χ0n) is 20.8. The molecule has 4 bridgehead atoms. The number of halogens is 1. The lowest BCUT2D eigenvalue weighted by Crippen LogP contribution is -2.64. The van der Waals surface area contributed by atoms with Crippen LogP contribution in [0.2, 0.25) is 5.02 Å². The average molecular weight is 495 g/mol. The Morgan fingerprint density at radius 1 is 1.06 bits per heavy atom. The molecule has 5 aliphatic rings. The molecule has 2 aliphatic carbocycles. The van der Waals surface area contributed by atoms with E-state index in [2.05, 4.69) is 55.0 Å². The van der Waals surface area contributed by atoms with E-state index < -0.39 is 7.12 Å². The number of carbonyl (C=O) groups is 1. The van der Waals surface area contributed by atoms with Crippen LogP contribution >= 0.6 is 11.6 Å². The van der Waals surface area contributed by atoms with Gasteiger partial charge in [-0.25, -0.2) is 9.97 Å². The Morgan fingerprint density at radius 2 is 1.74 bits per heavy atom. The van der Waals surface area contributed by atoms with E-state index in [1.54, 1.807) is 18.3 Å². The smallest absolute Gasteiger partial charge is 0.399 e. The van der Waals surface area contributed by atoms with Gasteiger partial charge >= 0.3 is 7.12 Å². The molecule has 9 heteroatoms. The Balaban J connectivity index is 1.20. The summed E-state index contributed by atoms with van der Waals surface area (Å²) in [7, 11) is -0.416. The number of carbonyl (C=O) groups excluding carboxylic acids is 1. The van der Waals surface area contributed by atoms with E-state index in [1.807, 2.05) is 6.20 Å². The third-order valence-corrected chi connectivity index (χ3v) is 9.27. The van der Waals surface area contributed by atoms with Crippen molar-refractivity contribution < 1.29 is 14.1 Å². The van der Waals surface area contributed by atoms with Gasteiger partial charge in [0.25, 0.3) is 0 Å². The van der Waals surface area contributed by atoms with Crippen LogP contribution in [-0.4, -0.2) is 46.3 Å². The van der Waals surface area contributed by atoms with E-state index in [4.69, 9.17) is 25.9 Å². The van der Waals surface area contributed by atoms with E-state index in [-0.39, 0.29) is 22.5 Å². The van der Waals surface area contributed by atoms with Gasteiger partial charge in [0, 0.05) is 29.9 Å². The number of nitrogens with zero attached hydrogens (tertiary/aromatic N) is 3. The number of nitrogens with one attached hydrogen (secondary N) is 1. The van der Waals surface area contributed by atoms with Crippen molar-refractivity contribution in [2.75, 3.05) is 10.2 Å². The second kappa shape index (κ2) is 7.92. The van der Waals surface area contributed by atoms with E-state index in [0.29, 0.717) is 28.8 Å². The molecular formula is C26H32BClN4O3. The second-order valence-electron chi connectivity index (χ2n) is 11.8. The van der Waals surface area contributed by atoms with Gasteiger partial charge in [0.05, 0.1) is 21.6 Å². The molecule has 1 N–H and O–H groups in total. The fourth-order valence-corrected chi connectivity index (χ4v) is 6.83. The lowest BCUT2D eigenvalue weighted by atomic mass is 9.55. The van der Waals surface area contributed by atoms with Gasteiger partial charge in [0.1, 0.15) is 5.82 Å². The quantitative estimate of drug-likeness (QED) is 0.642. The van der Waals surface area contributed by atoms with Crippen molar-refractivity contribution in [3.63, 3.8) is 0 Å². The third kappa shape index (κ3) is 3.76. The number of piperidine rings is 2. The summed E-state index contributed by atoms with van der Waals surface area (Å²) in [6, 6.07) is 8.29. The van der Waals surface area contributed by atoms with Crippen LogP contribution < -0.4 is 15.7 Å². The Labute approximate surface area is 212 Å². The maximum atomic E-state index is 13.5. The lowest BCUT2D eigenvalue weighted by molar-refractivity contribution is -0.134. The molecular weight excluding hydrogens is 463 g/mol. The SMILES string of the molecule is CC1(C)OB(c2ccc(N3C4CC5CC3CC(C(=O)Nc3ncccc3Cl)(C5)C4)nc2)OC1(C)C. The van der Waals surface area contributed by atoms with Crippen molar-refractivity contribution in [2.24, 2.45) is 11.3 Å². The van der Waals surface area contributed by atoms with Crippen LogP contribution in [0.3, 0.4) is 0 Å². The van der Waals surface area contributed by atoms with Crippen LogP contribution in [0.5, 0.6) is 0 Å². The molecule has 0 radical (unpaired) electrons. The number of aromatic nitrogens is 2. The molecule has 7 rings (SSSR count). The summed E-state index contributed by atoms with van der Waals surface area (Å²) in [6.45, 7) is 8.23.